The lowest BCUT2D eigenvalue weighted by Gasteiger charge is -2.12. The van der Waals surface area contributed by atoms with Crippen molar-refractivity contribution in [3.63, 3.8) is 0 Å². The predicted molar refractivity (Wildman–Crippen MR) is 108 cm³/mol. The zero-order valence-corrected chi connectivity index (χ0v) is 16.6. The molecule has 1 aromatic carbocycles. The summed E-state index contributed by atoms with van der Waals surface area (Å²) in [6, 6.07) is 7.01. The molecule has 0 aromatic heterocycles. The molecule has 0 unspecified atom stereocenters. The van der Waals surface area contributed by atoms with Gasteiger partial charge in [0.15, 0.2) is 5.96 Å². The molecule has 0 radical (unpaired) electrons. The molecule has 0 fully saturated rings. The van der Waals surface area contributed by atoms with E-state index in [0.29, 0.717) is 30.2 Å². The summed E-state index contributed by atoms with van der Waals surface area (Å²) in [5.74, 6) is 0.566. The van der Waals surface area contributed by atoms with Crippen molar-refractivity contribution in [3.05, 3.63) is 34.9 Å². The van der Waals surface area contributed by atoms with Crippen molar-refractivity contribution in [3.8, 4) is 0 Å². The van der Waals surface area contributed by atoms with Crippen LogP contribution in [0.4, 0.5) is 0 Å². The first-order valence-corrected chi connectivity index (χ1v) is 9.69. The number of aliphatic imine (C=N–C) groups is 1. The summed E-state index contributed by atoms with van der Waals surface area (Å²) in [6.07, 6.45) is 3.15. The van der Waals surface area contributed by atoms with Crippen LogP contribution in [-0.2, 0) is 4.74 Å². The minimum atomic E-state index is -0.177. The van der Waals surface area contributed by atoms with Gasteiger partial charge in [0.2, 0.25) is 0 Å². The van der Waals surface area contributed by atoms with Crippen LogP contribution in [0.1, 0.15) is 43.5 Å². The molecule has 0 atom stereocenters. The highest BCUT2D eigenvalue weighted by Gasteiger charge is 2.08. The van der Waals surface area contributed by atoms with Crippen molar-refractivity contribution in [2.24, 2.45) is 4.99 Å². The molecule has 0 spiro atoms. The van der Waals surface area contributed by atoms with Gasteiger partial charge in [0, 0.05) is 39.4 Å². The second kappa shape index (κ2) is 14.4. The largest absolute Gasteiger partial charge is 0.381 e. The number of benzene rings is 1. The van der Waals surface area contributed by atoms with Gasteiger partial charge in [-0.15, -0.1) is 0 Å². The van der Waals surface area contributed by atoms with E-state index in [-0.39, 0.29) is 5.91 Å². The van der Waals surface area contributed by atoms with Gasteiger partial charge < -0.3 is 20.7 Å². The fourth-order valence-electron chi connectivity index (χ4n) is 2.15. The Balaban J connectivity index is 2.25. The van der Waals surface area contributed by atoms with E-state index in [1.165, 1.54) is 0 Å². The first-order chi connectivity index (χ1) is 12.7. The molecule has 0 aliphatic carbocycles. The van der Waals surface area contributed by atoms with Crippen molar-refractivity contribution >= 4 is 23.5 Å². The second-order valence-corrected chi connectivity index (χ2v) is 6.15. The molecule has 0 saturated heterocycles. The predicted octanol–water partition coefficient (Wildman–Crippen LogP) is 2.83. The second-order valence-electron chi connectivity index (χ2n) is 5.74. The average molecular weight is 383 g/mol. The van der Waals surface area contributed by atoms with E-state index in [2.05, 4.69) is 27.9 Å². The smallest absolute Gasteiger partial charge is 0.252 e. The lowest BCUT2D eigenvalue weighted by atomic mass is 10.2. The van der Waals surface area contributed by atoms with Gasteiger partial charge in [-0.25, -0.2) is 0 Å². The minimum absolute atomic E-state index is 0.177. The van der Waals surface area contributed by atoms with Crippen LogP contribution in [0.15, 0.2) is 29.3 Å². The quantitative estimate of drug-likeness (QED) is 0.295. The Hall–Kier alpha value is -1.79. The first-order valence-electron chi connectivity index (χ1n) is 9.31. The first kappa shape index (κ1) is 22.3. The van der Waals surface area contributed by atoms with Gasteiger partial charge in [-0.3, -0.25) is 9.79 Å². The molecule has 7 heteroatoms. The number of hydrogen-bond donors (Lipinski definition) is 3. The van der Waals surface area contributed by atoms with Crippen molar-refractivity contribution in [1.82, 2.24) is 16.0 Å². The standard InChI is InChI=1S/C19H31ClN4O2/c1-3-5-14-26-15-8-11-23-19(21-4-2)24-13-12-22-18(25)16-9-6-7-10-17(16)20/h6-7,9-10H,3-5,8,11-15H2,1-2H3,(H,22,25)(H2,21,23,24). The molecule has 146 valence electrons. The Kier molecular flexibility index (Phi) is 12.3. The van der Waals surface area contributed by atoms with Crippen molar-refractivity contribution in [2.45, 2.75) is 33.1 Å². The lowest BCUT2D eigenvalue weighted by Crippen LogP contribution is -2.41. The molecule has 1 rings (SSSR count). The Bertz CT molecular complexity index is 552. The summed E-state index contributed by atoms with van der Waals surface area (Å²) >= 11 is 6.02. The maximum Gasteiger partial charge on any atom is 0.252 e. The number of amides is 1. The number of halogens is 1. The molecule has 3 N–H and O–H groups in total. The molecule has 26 heavy (non-hydrogen) atoms. The van der Waals surface area contributed by atoms with Gasteiger partial charge in [0.05, 0.1) is 10.6 Å². The summed E-state index contributed by atoms with van der Waals surface area (Å²) in [5.41, 5.74) is 0.484. The molecular weight excluding hydrogens is 352 g/mol. The molecule has 0 heterocycles. The Morgan fingerprint density at radius 3 is 2.54 bits per heavy atom. The summed E-state index contributed by atoms with van der Waals surface area (Å²) in [5, 5.41) is 9.69. The van der Waals surface area contributed by atoms with E-state index in [1.54, 1.807) is 24.3 Å². The van der Waals surface area contributed by atoms with E-state index in [1.807, 2.05) is 6.92 Å². The number of carbonyl (C=O) groups is 1. The van der Waals surface area contributed by atoms with Crippen molar-refractivity contribution < 1.29 is 9.53 Å². The molecular formula is C19H31ClN4O2. The normalized spacial score (nSPS) is 11.3. The fourth-order valence-corrected chi connectivity index (χ4v) is 2.37. The zero-order chi connectivity index (χ0) is 19.0. The lowest BCUT2D eigenvalue weighted by molar-refractivity contribution is 0.0954. The summed E-state index contributed by atoms with van der Waals surface area (Å²) in [7, 11) is 0. The van der Waals surface area contributed by atoms with Gasteiger partial charge in [-0.1, -0.05) is 37.1 Å². The van der Waals surface area contributed by atoms with Gasteiger partial charge in [-0.2, -0.15) is 0 Å². The van der Waals surface area contributed by atoms with E-state index < -0.39 is 0 Å². The van der Waals surface area contributed by atoms with Gasteiger partial charge in [0.25, 0.3) is 5.91 Å². The highest BCUT2D eigenvalue weighted by molar-refractivity contribution is 6.33. The molecule has 1 amide bonds. The third-order valence-corrected chi connectivity index (χ3v) is 3.85. The van der Waals surface area contributed by atoms with Crippen LogP contribution >= 0.6 is 11.6 Å². The molecule has 0 saturated carbocycles. The monoisotopic (exact) mass is 382 g/mol. The van der Waals surface area contributed by atoms with Crippen LogP contribution in [0.3, 0.4) is 0 Å². The Labute approximate surface area is 161 Å². The molecule has 1 aromatic rings. The van der Waals surface area contributed by atoms with Gasteiger partial charge in [-0.05, 0) is 31.9 Å². The number of rotatable bonds is 12. The third kappa shape index (κ3) is 9.63. The molecule has 0 bridgehead atoms. The van der Waals surface area contributed by atoms with Crippen LogP contribution in [0.2, 0.25) is 5.02 Å². The van der Waals surface area contributed by atoms with Crippen molar-refractivity contribution in [1.29, 1.82) is 0 Å². The summed E-state index contributed by atoms with van der Waals surface area (Å²) in [6.45, 7) is 8.27. The number of ether oxygens (including phenoxy) is 1. The van der Waals surface area contributed by atoms with Crippen LogP contribution in [0.25, 0.3) is 0 Å². The summed E-state index contributed by atoms with van der Waals surface area (Å²) < 4.78 is 5.52. The SMILES string of the molecule is CCCCOCCCN=C(NCC)NCCNC(=O)c1ccccc1Cl. The number of nitrogens with one attached hydrogen (secondary N) is 3. The van der Waals surface area contributed by atoms with E-state index in [0.717, 1.165) is 45.0 Å². The number of unbranched alkanes of at least 4 members (excludes halogenated alkanes) is 1. The number of hydrogen-bond acceptors (Lipinski definition) is 3. The van der Waals surface area contributed by atoms with Crippen LogP contribution < -0.4 is 16.0 Å². The minimum Gasteiger partial charge on any atom is -0.381 e. The maximum atomic E-state index is 12.1. The van der Waals surface area contributed by atoms with E-state index in [4.69, 9.17) is 16.3 Å². The van der Waals surface area contributed by atoms with E-state index >= 15 is 0 Å². The Morgan fingerprint density at radius 1 is 1.08 bits per heavy atom. The number of guanidine groups is 1. The van der Waals surface area contributed by atoms with Crippen LogP contribution in [0, 0.1) is 0 Å². The van der Waals surface area contributed by atoms with Gasteiger partial charge >= 0.3 is 0 Å². The van der Waals surface area contributed by atoms with Crippen LogP contribution in [-0.4, -0.2) is 51.3 Å². The highest BCUT2D eigenvalue weighted by Crippen LogP contribution is 2.14. The average Bonchev–Trinajstić information content (AvgIpc) is 2.64. The van der Waals surface area contributed by atoms with Gasteiger partial charge in [0.1, 0.15) is 0 Å². The number of nitrogens with zero attached hydrogens (tertiary/aromatic N) is 1. The van der Waals surface area contributed by atoms with E-state index in [9.17, 15) is 4.79 Å². The zero-order valence-electron chi connectivity index (χ0n) is 15.8. The summed E-state index contributed by atoms with van der Waals surface area (Å²) in [4.78, 5) is 16.6. The van der Waals surface area contributed by atoms with Crippen molar-refractivity contribution in [2.75, 3.05) is 39.4 Å². The fraction of sp³-hybridized carbons (Fsp3) is 0.579. The molecule has 0 aliphatic heterocycles. The third-order valence-electron chi connectivity index (χ3n) is 3.52. The molecule has 6 nitrogen and oxygen atoms in total. The number of carbonyl (C=O) groups excluding carboxylic acids is 1. The molecule has 0 aliphatic rings. The topological polar surface area (TPSA) is 74.8 Å². The highest BCUT2D eigenvalue weighted by atomic mass is 35.5. The maximum absolute atomic E-state index is 12.1. The Morgan fingerprint density at radius 2 is 1.81 bits per heavy atom. The van der Waals surface area contributed by atoms with Crippen LogP contribution in [0.5, 0.6) is 0 Å².